The summed E-state index contributed by atoms with van der Waals surface area (Å²) in [7, 11) is 3.21. The van der Waals surface area contributed by atoms with E-state index >= 15 is 0 Å². The first-order chi connectivity index (χ1) is 16.5. The number of benzene rings is 2. The molecule has 7 nitrogen and oxygen atoms in total. The molecule has 2 unspecified atom stereocenters. The van der Waals surface area contributed by atoms with Crippen molar-refractivity contribution in [1.29, 1.82) is 0 Å². The Morgan fingerprint density at radius 1 is 1.15 bits per heavy atom. The molecule has 1 aromatic heterocycles. The Kier molecular flexibility index (Phi) is 7.53. The van der Waals surface area contributed by atoms with Gasteiger partial charge >= 0.3 is 0 Å². The zero-order chi connectivity index (χ0) is 24.1. The van der Waals surface area contributed by atoms with Gasteiger partial charge < -0.3 is 19.7 Å². The van der Waals surface area contributed by atoms with Crippen LogP contribution in [0.1, 0.15) is 37.2 Å². The van der Waals surface area contributed by atoms with Crippen LogP contribution < -0.4 is 14.8 Å². The molecule has 1 N–H and O–H groups in total. The first-order valence-electron chi connectivity index (χ1n) is 11.9. The van der Waals surface area contributed by atoms with Gasteiger partial charge in [-0.05, 0) is 62.1 Å². The summed E-state index contributed by atoms with van der Waals surface area (Å²) in [5.41, 5.74) is 2.84. The Bertz CT molecular complexity index is 1110. The standard InChI is InChI=1S/C27H34N4O3/c1-19-9-8-14-30(16-19)17-20(2)28-27(32)26-23(18-31(29-26)22-10-6-5-7-11-22)21-12-13-24(33-3)25(15-21)34-4/h5-7,10-13,15,18-20H,8-9,14,16-17H2,1-4H3,(H,28,32). The lowest BCUT2D eigenvalue weighted by atomic mass is 10.00. The number of amides is 1. The summed E-state index contributed by atoms with van der Waals surface area (Å²) in [6, 6.07) is 15.4. The van der Waals surface area contributed by atoms with Crippen LogP contribution in [0.5, 0.6) is 11.5 Å². The van der Waals surface area contributed by atoms with E-state index in [9.17, 15) is 4.79 Å². The van der Waals surface area contributed by atoms with E-state index in [2.05, 4.69) is 29.2 Å². The largest absolute Gasteiger partial charge is 0.493 e. The number of hydrogen-bond acceptors (Lipinski definition) is 5. The number of nitrogens with one attached hydrogen (secondary N) is 1. The fraction of sp³-hybridized carbons (Fsp3) is 0.407. The van der Waals surface area contributed by atoms with Crippen LogP contribution in [-0.4, -0.2) is 60.5 Å². The molecule has 2 heterocycles. The molecule has 0 saturated carbocycles. The van der Waals surface area contributed by atoms with E-state index in [1.165, 1.54) is 12.8 Å². The Labute approximate surface area is 201 Å². The lowest BCUT2D eigenvalue weighted by Gasteiger charge is -2.32. The molecular formula is C27H34N4O3. The third kappa shape index (κ3) is 5.42. The lowest BCUT2D eigenvalue weighted by Crippen LogP contribution is -2.45. The predicted molar refractivity (Wildman–Crippen MR) is 134 cm³/mol. The molecule has 1 fully saturated rings. The Balaban J connectivity index is 1.62. The summed E-state index contributed by atoms with van der Waals surface area (Å²) in [6.45, 7) is 7.35. The van der Waals surface area contributed by atoms with Gasteiger partial charge in [-0.2, -0.15) is 5.10 Å². The summed E-state index contributed by atoms with van der Waals surface area (Å²) >= 11 is 0. The van der Waals surface area contributed by atoms with Crippen molar-refractivity contribution in [1.82, 2.24) is 20.0 Å². The molecule has 1 amide bonds. The number of ether oxygens (including phenoxy) is 2. The van der Waals surface area contributed by atoms with Gasteiger partial charge in [-0.15, -0.1) is 0 Å². The Morgan fingerprint density at radius 2 is 1.91 bits per heavy atom. The van der Waals surface area contributed by atoms with Crippen LogP contribution in [0.15, 0.2) is 54.7 Å². The molecule has 2 atom stereocenters. The molecule has 34 heavy (non-hydrogen) atoms. The van der Waals surface area contributed by atoms with Crippen LogP contribution in [0.2, 0.25) is 0 Å². The second-order valence-corrected chi connectivity index (χ2v) is 9.12. The van der Waals surface area contributed by atoms with Crippen LogP contribution in [0, 0.1) is 5.92 Å². The number of methoxy groups -OCH3 is 2. The van der Waals surface area contributed by atoms with Crippen molar-refractivity contribution in [3.8, 4) is 28.3 Å². The van der Waals surface area contributed by atoms with Gasteiger partial charge in [-0.1, -0.05) is 31.2 Å². The highest BCUT2D eigenvalue weighted by Crippen LogP contribution is 2.34. The predicted octanol–water partition coefficient (Wildman–Crippen LogP) is 4.41. The maximum atomic E-state index is 13.4. The van der Waals surface area contributed by atoms with E-state index in [0.29, 0.717) is 23.1 Å². The Hall–Kier alpha value is -3.32. The Morgan fingerprint density at radius 3 is 2.62 bits per heavy atom. The number of carbonyl (C=O) groups is 1. The second-order valence-electron chi connectivity index (χ2n) is 9.12. The van der Waals surface area contributed by atoms with Crippen LogP contribution in [0.3, 0.4) is 0 Å². The molecule has 0 aliphatic carbocycles. The van der Waals surface area contributed by atoms with Gasteiger partial charge in [0.05, 0.1) is 19.9 Å². The molecule has 2 aromatic carbocycles. The van der Waals surface area contributed by atoms with E-state index in [1.54, 1.807) is 18.9 Å². The molecule has 0 spiro atoms. The zero-order valence-electron chi connectivity index (χ0n) is 20.5. The molecule has 1 aliphatic heterocycles. The highest BCUT2D eigenvalue weighted by molar-refractivity contribution is 5.99. The smallest absolute Gasteiger partial charge is 0.272 e. The minimum Gasteiger partial charge on any atom is -0.493 e. The van der Waals surface area contributed by atoms with Gasteiger partial charge in [0.25, 0.3) is 5.91 Å². The van der Waals surface area contributed by atoms with Gasteiger partial charge in [0.15, 0.2) is 17.2 Å². The number of aromatic nitrogens is 2. The second kappa shape index (κ2) is 10.7. The maximum Gasteiger partial charge on any atom is 0.272 e. The van der Waals surface area contributed by atoms with Gasteiger partial charge in [-0.25, -0.2) is 4.68 Å². The topological polar surface area (TPSA) is 68.6 Å². The number of hydrogen-bond donors (Lipinski definition) is 1. The monoisotopic (exact) mass is 462 g/mol. The van der Waals surface area contributed by atoms with Gasteiger partial charge in [0, 0.05) is 30.9 Å². The van der Waals surface area contributed by atoms with Crippen molar-refractivity contribution in [2.75, 3.05) is 33.9 Å². The van der Waals surface area contributed by atoms with E-state index in [1.807, 2.05) is 54.7 Å². The average Bonchev–Trinajstić information content (AvgIpc) is 3.30. The molecule has 180 valence electrons. The summed E-state index contributed by atoms with van der Waals surface area (Å²) in [4.78, 5) is 15.9. The van der Waals surface area contributed by atoms with Gasteiger partial charge in [-0.3, -0.25) is 4.79 Å². The van der Waals surface area contributed by atoms with Crippen molar-refractivity contribution in [3.63, 3.8) is 0 Å². The minimum atomic E-state index is -0.183. The lowest BCUT2D eigenvalue weighted by molar-refractivity contribution is 0.0915. The summed E-state index contributed by atoms with van der Waals surface area (Å²) in [5.74, 6) is 1.76. The van der Waals surface area contributed by atoms with E-state index in [-0.39, 0.29) is 11.9 Å². The number of nitrogens with zero attached hydrogens (tertiary/aromatic N) is 3. The third-order valence-electron chi connectivity index (χ3n) is 6.30. The molecule has 3 aromatic rings. The average molecular weight is 463 g/mol. The fourth-order valence-corrected chi connectivity index (χ4v) is 4.65. The SMILES string of the molecule is COc1ccc(-c2cn(-c3ccccc3)nc2C(=O)NC(C)CN2CCCC(C)C2)cc1OC. The number of carbonyl (C=O) groups excluding carboxylic acids is 1. The summed E-state index contributed by atoms with van der Waals surface area (Å²) in [5, 5.41) is 7.86. The van der Waals surface area contributed by atoms with Gasteiger partial charge in [0.2, 0.25) is 0 Å². The molecule has 0 bridgehead atoms. The quantitative estimate of drug-likeness (QED) is 0.537. The van der Waals surface area contributed by atoms with E-state index < -0.39 is 0 Å². The molecule has 1 saturated heterocycles. The summed E-state index contributed by atoms with van der Waals surface area (Å²) < 4.78 is 12.6. The maximum absolute atomic E-state index is 13.4. The molecule has 4 rings (SSSR count). The first kappa shape index (κ1) is 23.8. The number of rotatable bonds is 8. The van der Waals surface area contributed by atoms with E-state index in [4.69, 9.17) is 9.47 Å². The third-order valence-corrected chi connectivity index (χ3v) is 6.30. The number of piperidine rings is 1. The van der Waals surface area contributed by atoms with Crippen molar-refractivity contribution < 1.29 is 14.3 Å². The normalized spacial score (nSPS) is 17.2. The van der Waals surface area contributed by atoms with Crippen molar-refractivity contribution in [2.24, 2.45) is 5.92 Å². The number of para-hydroxylation sites is 1. The molecular weight excluding hydrogens is 428 g/mol. The van der Waals surface area contributed by atoms with Crippen LogP contribution in [0.4, 0.5) is 0 Å². The summed E-state index contributed by atoms with van der Waals surface area (Å²) in [6.07, 6.45) is 4.39. The highest BCUT2D eigenvalue weighted by atomic mass is 16.5. The molecule has 1 aliphatic rings. The molecule has 7 heteroatoms. The zero-order valence-corrected chi connectivity index (χ0v) is 20.5. The van der Waals surface area contributed by atoms with Crippen molar-refractivity contribution >= 4 is 5.91 Å². The van der Waals surface area contributed by atoms with Crippen LogP contribution in [0.25, 0.3) is 16.8 Å². The fourth-order valence-electron chi connectivity index (χ4n) is 4.65. The van der Waals surface area contributed by atoms with Crippen molar-refractivity contribution in [3.05, 3.63) is 60.4 Å². The van der Waals surface area contributed by atoms with E-state index in [0.717, 1.165) is 36.4 Å². The van der Waals surface area contributed by atoms with Gasteiger partial charge in [0.1, 0.15) is 0 Å². The van der Waals surface area contributed by atoms with Crippen LogP contribution >= 0.6 is 0 Å². The van der Waals surface area contributed by atoms with Crippen molar-refractivity contribution in [2.45, 2.75) is 32.7 Å². The minimum absolute atomic E-state index is 0.0120. The highest BCUT2D eigenvalue weighted by Gasteiger charge is 2.23. The first-order valence-corrected chi connectivity index (χ1v) is 11.9. The number of likely N-dealkylation sites (tertiary alicyclic amines) is 1. The molecule has 0 radical (unpaired) electrons. The van der Waals surface area contributed by atoms with Crippen LogP contribution in [-0.2, 0) is 0 Å².